The van der Waals surface area contributed by atoms with Gasteiger partial charge in [0.25, 0.3) is 0 Å². The maximum atomic E-state index is 11.3. The number of aromatic nitrogens is 1. The van der Waals surface area contributed by atoms with Crippen molar-refractivity contribution in [2.24, 2.45) is 0 Å². The molecule has 1 atom stereocenters. The average Bonchev–Trinajstić information content (AvgIpc) is 2.48. The second-order valence-corrected chi connectivity index (χ2v) is 4.22. The van der Waals surface area contributed by atoms with Crippen LogP contribution >= 0.6 is 0 Å². The van der Waals surface area contributed by atoms with Crippen molar-refractivity contribution in [3.8, 4) is 6.07 Å². The van der Waals surface area contributed by atoms with Crippen molar-refractivity contribution >= 4 is 11.7 Å². The molecule has 0 saturated heterocycles. The van der Waals surface area contributed by atoms with Crippen LogP contribution in [-0.4, -0.2) is 22.6 Å². The van der Waals surface area contributed by atoms with Gasteiger partial charge in [0, 0.05) is 18.4 Å². The third-order valence-electron chi connectivity index (χ3n) is 2.88. The molecular weight excluding hydrogens is 254 g/mol. The lowest BCUT2D eigenvalue weighted by Crippen LogP contribution is -2.20. The molecule has 2 rings (SSSR count). The number of carbonyl (C=O) groups is 1. The standard InChI is InChI=1S/C15H13N3O2/c16-9-13-8-12(6-7-17-13)18-10-14(15(19)20)11-4-2-1-3-5-11/h1-8,14H,10H2,(H,17,18)(H,19,20). The fraction of sp³-hybridized carbons (Fsp3) is 0.133. The van der Waals surface area contributed by atoms with Crippen LogP contribution in [0.3, 0.4) is 0 Å². The van der Waals surface area contributed by atoms with E-state index in [-0.39, 0.29) is 6.54 Å². The zero-order valence-electron chi connectivity index (χ0n) is 10.7. The number of nitriles is 1. The van der Waals surface area contributed by atoms with Gasteiger partial charge in [-0.05, 0) is 17.7 Å². The summed E-state index contributed by atoms with van der Waals surface area (Å²) in [5.41, 5.74) is 1.71. The van der Waals surface area contributed by atoms with Gasteiger partial charge < -0.3 is 10.4 Å². The Morgan fingerprint density at radius 2 is 2.10 bits per heavy atom. The Labute approximate surface area is 116 Å². The summed E-state index contributed by atoms with van der Waals surface area (Å²) in [5.74, 6) is -1.53. The molecule has 2 aromatic rings. The van der Waals surface area contributed by atoms with E-state index >= 15 is 0 Å². The molecule has 5 heteroatoms. The first kappa shape index (κ1) is 13.6. The van der Waals surface area contributed by atoms with Crippen molar-refractivity contribution in [3.63, 3.8) is 0 Å². The van der Waals surface area contributed by atoms with Gasteiger partial charge in [0.2, 0.25) is 0 Å². The summed E-state index contributed by atoms with van der Waals surface area (Å²) in [6.07, 6.45) is 1.51. The molecule has 0 aliphatic carbocycles. The second-order valence-electron chi connectivity index (χ2n) is 4.22. The molecule has 0 bridgehead atoms. The largest absolute Gasteiger partial charge is 0.481 e. The molecule has 1 aromatic heterocycles. The first-order valence-electron chi connectivity index (χ1n) is 6.08. The van der Waals surface area contributed by atoms with E-state index in [0.717, 1.165) is 5.56 Å². The van der Waals surface area contributed by atoms with E-state index in [1.54, 1.807) is 24.3 Å². The molecule has 1 aromatic carbocycles. The molecule has 20 heavy (non-hydrogen) atoms. The van der Waals surface area contributed by atoms with E-state index in [9.17, 15) is 9.90 Å². The van der Waals surface area contributed by atoms with E-state index in [1.807, 2.05) is 24.3 Å². The Kier molecular flexibility index (Phi) is 4.30. The zero-order valence-corrected chi connectivity index (χ0v) is 10.7. The Balaban J connectivity index is 2.10. The Morgan fingerprint density at radius 3 is 2.75 bits per heavy atom. The zero-order chi connectivity index (χ0) is 14.4. The highest BCUT2D eigenvalue weighted by Gasteiger charge is 2.19. The first-order valence-corrected chi connectivity index (χ1v) is 6.08. The van der Waals surface area contributed by atoms with Crippen molar-refractivity contribution < 1.29 is 9.90 Å². The number of carboxylic acids is 1. The smallest absolute Gasteiger partial charge is 0.312 e. The number of rotatable bonds is 5. The van der Waals surface area contributed by atoms with Crippen molar-refractivity contribution in [1.29, 1.82) is 5.26 Å². The average molecular weight is 267 g/mol. The Morgan fingerprint density at radius 1 is 1.35 bits per heavy atom. The molecule has 0 fully saturated rings. The van der Waals surface area contributed by atoms with Crippen molar-refractivity contribution in [2.45, 2.75) is 5.92 Å². The fourth-order valence-corrected chi connectivity index (χ4v) is 1.85. The predicted molar refractivity (Wildman–Crippen MR) is 74.3 cm³/mol. The number of hydrogen-bond acceptors (Lipinski definition) is 4. The lowest BCUT2D eigenvalue weighted by Gasteiger charge is -2.14. The van der Waals surface area contributed by atoms with Crippen molar-refractivity contribution in [3.05, 3.63) is 59.9 Å². The van der Waals surface area contributed by atoms with Crippen LogP contribution < -0.4 is 5.32 Å². The van der Waals surface area contributed by atoms with E-state index in [1.165, 1.54) is 6.20 Å². The second kappa shape index (κ2) is 6.34. The van der Waals surface area contributed by atoms with Crippen molar-refractivity contribution in [1.82, 2.24) is 4.98 Å². The maximum absolute atomic E-state index is 11.3. The molecular formula is C15H13N3O2. The summed E-state index contributed by atoms with van der Waals surface area (Å²) >= 11 is 0. The predicted octanol–water partition coefficient (Wildman–Crippen LogP) is 2.23. The van der Waals surface area contributed by atoms with Gasteiger partial charge in [0.1, 0.15) is 11.8 Å². The number of pyridine rings is 1. The number of aliphatic carboxylic acids is 1. The molecule has 100 valence electrons. The van der Waals surface area contributed by atoms with Crippen LogP contribution in [0.2, 0.25) is 0 Å². The van der Waals surface area contributed by atoms with E-state index in [4.69, 9.17) is 5.26 Å². The molecule has 5 nitrogen and oxygen atoms in total. The van der Waals surface area contributed by atoms with Crippen LogP contribution in [0.5, 0.6) is 0 Å². The highest BCUT2D eigenvalue weighted by molar-refractivity contribution is 5.77. The molecule has 2 N–H and O–H groups in total. The SMILES string of the molecule is N#Cc1cc(NCC(C(=O)O)c2ccccc2)ccn1. The number of carboxylic acid groups (broad SMARTS) is 1. The molecule has 0 radical (unpaired) electrons. The van der Waals surface area contributed by atoms with Crippen LogP contribution in [0.15, 0.2) is 48.7 Å². The Bertz CT molecular complexity index is 635. The first-order chi connectivity index (χ1) is 9.70. The highest BCUT2D eigenvalue weighted by atomic mass is 16.4. The van der Waals surface area contributed by atoms with Gasteiger partial charge in [-0.25, -0.2) is 4.98 Å². The number of nitrogens with zero attached hydrogens (tertiary/aromatic N) is 2. The van der Waals surface area contributed by atoms with E-state index < -0.39 is 11.9 Å². The molecule has 0 saturated carbocycles. The molecule has 0 spiro atoms. The van der Waals surface area contributed by atoms with Crippen LogP contribution in [0.25, 0.3) is 0 Å². The summed E-state index contributed by atoms with van der Waals surface area (Å²) < 4.78 is 0. The van der Waals surface area contributed by atoms with Gasteiger partial charge in [0.15, 0.2) is 0 Å². The minimum Gasteiger partial charge on any atom is -0.481 e. The molecule has 1 unspecified atom stereocenters. The Hall–Kier alpha value is -2.87. The minimum absolute atomic E-state index is 0.244. The molecule has 0 amide bonds. The van der Waals surface area contributed by atoms with E-state index in [2.05, 4.69) is 10.3 Å². The fourth-order valence-electron chi connectivity index (χ4n) is 1.85. The van der Waals surface area contributed by atoms with E-state index in [0.29, 0.717) is 11.4 Å². The van der Waals surface area contributed by atoms with Crippen LogP contribution in [0.4, 0.5) is 5.69 Å². The summed E-state index contributed by atoms with van der Waals surface area (Å²) in [5, 5.41) is 21.1. The van der Waals surface area contributed by atoms with Gasteiger partial charge in [-0.15, -0.1) is 0 Å². The normalized spacial score (nSPS) is 11.3. The lowest BCUT2D eigenvalue weighted by molar-refractivity contribution is -0.138. The minimum atomic E-state index is -0.890. The van der Waals surface area contributed by atoms with Gasteiger partial charge in [-0.3, -0.25) is 4.79 Å². The van der Waals surface area contributed by atoms with Gasteiger partial charge in [0.05, 0.1) is 5.92 Å². The summed E-state index contributed by atoms with van der Waals surface area (Å²) in [6, 6.07) is 14.3. The lowest BCUT2D eigenvalue weighted by atomic mass is 9.99. The van der Waals surface area contributed by atoms with Crippen LogP contribution in [0.1, 0.15) is 17.2 Å². The van der Waals surface area contributed by atoms with Gasteiger partial charge in [-0.1, -0.05) is 30.3 Å². The number of anilines is 1. The summed E-state index contributed by atoms with van der Waals surface area (Å²) in [6.45, 7) is 0.244. The number of benzene rings is 1. The highest BCUT2D eigenvalue weighted by Crippen LogP contribution is 2.17. The van der Waals surface area contributed by atoms with Gasteiger partial charge in [-0.2, -0.15) is 5.26 Å². The summed E-state index contributed by atoms with van der Waals surface area (Å²) in [7, 11) is 0. The van der Waals surface area contributed by atoms with Crippen LogP contribution in [0, 0.1) is 11.3 Å². The number of hydrogen-bond donors (Lipinski definition) is 2. The molecule has 0 aliphatic heterocycles. The molecule has 1 heterocycles. The van der Waals surface area contributed by atoms with Crippen LogP contribution in [-0.2, 0) is 4.79 Å². The maximum Gasteiger partial charge on any atom is 0.312 e. The monoisotopic (exact) mass is 267 g/mol. The third-order valence-corrected chi connectivity index (χ3v) is 2.88. The van der Waals surface area contributed by atoms with Gasteiger partial charge >= 0.3 is 5.97 Å². The molecule has 0 aliphatic rings. The number of nitrogens with one attached hydrogen (secondary N) is 1. The summed E-state index contributed by atoms with van der Waals surface area (Å²) in [4.78, 5) is 15.2. The van der Waals surface area contributed by atoms with Crippen molar-refractivity contribution in [2.75, 3.05) is 11.9 Å². The quantitative estimate of drug-likeness (QED) is 0.867. The third kappa shape index (κ3) is 3.33. The topological polar surface area (TPSA) is 86.0 Å².